The molecule has 0 saturated heterocycles. The number of carbonyl (C=O) groups excluding carboxylic acids is 1. The average molecular weight is 302 g/mol. The Kier molecular flexibility index (Phi) is 3.72. The summed E-state index contributed by atoms with van der Waals surface area (Å²) >= 11 is 3.15. The van der Waals surface area contributed by atoms with Gasteiger partial charge in [-0.3, -0.25) is 14.9 Å². The Balaban J connectivity index is 3.15. The zero-order valence-electron chi connectivity index (χ0n) is 9.36. The van der Waals surface area contributed by atoms with Crippen LogP contribution in [0.3, 0.4) is 0 Å². The van der Waals surface area contributed by atoms with Gasteiger partial charge < -0.3 is 11.1 Å². The first-order valence-corrected chi connectivity index (χ1v) is 5.55. The number of halogens is 1. The Morgan fingerprint density at radius 3 is 2.59 bits per heavy atom. The number of anilines is 1. The van der Waals surface area contributed by atoms with Crippen molar-refractivity contribution in [1.29, 1.82) is 0 Å². The molecule has 0 spiro atoms. The molecule has 1 aromatic carbocycles. The Hall–Kier alpha value is -1.63. The van der Waals surface area contributed by atoms with E-state index in [1.54, 1.807) is 19.9 Å². The van der Waals surface area contributed by atoms with Gasteiger partial charge in [0.05, 0.1) is 4.92 Å². The molecule has 3 N–H and O–H groups in total. The number of nitrogens with one attached hydrogen (secondary N) is 1. The van der Waals surface area contributed by atoms with Crippen LogP contribution in [0.15, 0.2) is 22.7 Å². The number of nitro groups is 1. The van der Waals surface area contributed by atoms with Crippen molar-refractivity contribution in [3.05, 3.63) is 32.8 Å². The minimum Gasteiger partial charge on any atom is -0.368 e. The van der Waals surface area contributed by atoms with Crippen LogP contribution < -0.4 is 11.1 Å². The van der Waals surface area contributed by atoms with E-state index in [1.165, 1.54) is 12.1 Å². The zero-order chi connectivity index (χ0) is 13.2. The van der Waals surface area contributed by atoms with Crippen LogP contribution in [-0.2, 0) is 4.79 Å². The van der Waals surface area contributed by atoms with Crippen molar-refractivity contribution < 1.29 is 9.72 Å². The van der Waals surface area contributed by atoms with E-state index in [9.17, 15) is 14.9 Å². The summed E-state index contributed by atoms with van der Waals surface area (Å²) in [5, 5.41) is 13.6. The van der Waals surface area contributed by atoms with Crippen molar-refractivity contribution in [3.63, 3.8) is 0 Å². The molecular formula is C10H12BrN3O3. The molecule has 0 aromatic heterocycles. The number of benzene rings is 1. The van der Waals surface area contributed by atoms with Crippen molar-refractivity contribution in [2.75, 3.05) is 5.32 Å². The molecule has 1 rings (SSSR count). The quantitative estimate of drug-likeness (QED) is 0.656. The molecule has 0 aliphatic rings. The number of hydrogen-bond acceptors (Lipinski definition) is 4. The largest absolute Gasteiger partial charge is 0.368 e. The van der Waals surface area contributed by atoms with Gasteiger partial charge in [-0.1, -0.05) is 15.9 Å². The van der Waals surface area contributed by atoms with Gasteiger partial charge in [0.15, 0.2) is 0 Å². The first kappa shape index (κ1) is 13.4. The molecule has 1 amide bonds. The monoisotopic (exact) mass is 301 g/mol. The summed E-state index contributed by atoms with van der Waals surface area (Å²) in [5.74, 6) is -0.588. The average Bonchev–Trinajstić information content (AvgIpc) is 2.19. The van der Waals surface area contributed by atoms with E-state index in [0.717, 1.165) is 0 Å². The summed E-state index contributed by atoms with van der Waals surface area (Å²) < 4.78 is 0.589. The number of nitro benzene ring substituents is 1. The molecule has 0 radical (unpaired) electrons. The second kappa shape index (κ2) is 4.70. The zero-order valence-corrected chi connectivity index (χ0v) is 10.9. The number of nitrogens with two attached hydrogens (primary N) is 1. The van der Waals surface area contributed by atoms with Gasteiger partial charge in [0.1, 0.15) is 11.2 Å². The van der Waals surface area contributed by atoms with Crippen molar-refractivity contribution in [1.82, 2.24) is 0 Å². The molecule has 1 aromatic rings. The Morgan fingerprint density at radius 1 is 1.53 bits per heavy atom. The first-order chi connectivity index (χ1) is 7.74. The summed E-state index contributed by atoms with van der Waals surface area (Å²) in [5.41, 5.74) is 4.27. The summed E-state index contributed by atoms with van der Waals surface area (Å²) in [7, 11) is 0. The molecule has 7 heteroatoms. The lowest BCUT2D eigenvalue weighted by molar-refractivity contribution is -0.384. The fraction of sp³-hybridized carbons (Fsp3) is 0.300. The number of rotatable bonds is 4. The molecule has 0 saturated carbocycles. The lowest BCUT2D eigenvalue weighted by Gasteiger charge is -2.23. The molecule has 0 unspecified atom stereocenters. The molecular weight excluding hydrogens is 290 g/mol. The van der Waals surface area contributed by atoms with Gasteiger partial charge in [0.2, 0.25) is 5.91 Å². The van der Waals surface area contributed by atoms with E-state index in [1.807, 2.05) is 0 Å². The van der Waals surface area contributed by atoms with Crippen molar-refractivity contribution >= 4 is 33.2 Å². The number of carbonyl (C=O) groups is 1. The van der Waals surface area contributed by atoms with Crippen molar-refractivity contribution in [2.45, 2.75) is 19.4 Å². The van der Waals surface area contributed by atoms with Gasteiger partial charge in [-0.15, -0.1) is 0 Å². The van der Waals surface area contributed by atoms with Gasteiger partial charge in [-0.25, -0.2) is 0 Å². The summed E-state index contributed by atoms with van der Waals surface area (Å²) in [6.45, 7) is 3.11. The van der Waals surface area contributed by atoms with E-state index in [4.69, 9.17) is 5.73 Å². The van der Waals surface area contributed by atoms with E-state index < -0.39 is 16.4 Å². The Bertz CT molecular complexity index is 474. The highest BCUT2D eigenvalue weighted by atomic mass is 79.9. The third-order valence-electron chi connectivity index (χ3n) is 2.22. The van der Waals surface area contributed by atoms with Crippen LogP contribution in [0.25, 0.3) is 0 Å². The topological polar surface area (TPSA) is 98.3 Å². The smallest absolute Gasteiger partial charge is 0.293 e. The molecule has 0 atom stereocenters. The second-order valence-electron chi connectivity index (χ2n) is 4.03. The summed E-state index contributed by atoms with van der Waals surface area (Å²) in [4.78, 5) is 21.5. The summed E-state index contributed by atoms with van der Waals surface area (Å²) in [6.07, 6.45) is 0. The number of primary amides is 1. The Morgan fingerprint density at radius 2 is 2.12 bits per heavy atom. The normalized spacial score (nSPS) is 11.0. The maximum atomic E-state index is 11.2. The molecule has 17 heavy (non-hydrogen) atoms. The van der Waals surface area contributed by atoms with Crippen molar-refractivity contribution in [2.24, 2.45) is 5.73 Å². The van der Waals surface area contributed by atoms with Gasteiger partial charge in [-0.2, -0.15) is 0 Å². The predicted molar refractivity (Wildman–Crippen MR) is 67.7 cm³/mol. The fourth-order valence-electron chi connectivity index (χ4n) is 1.16. The van der Waals surface area contributed by atoms with E-state index in [-0.39, 0.29) is 11.4 Å². The predicted octanol–water partition coefficient (Wildman–Crippen LogP) is 2.03. The number of nitrogens with zero attached hydrogens (tertiary/aromatic N) is 1. The minimum absolute atomic E-state index is 0.117. The van der Waals surface area contributed by atoms with E-state index >= 15 is 0 Å². The molecule has 92 valence electrons. The maximum absolute atomic E-state index is 11.2. The number of hydrogen-bond donors (Lipinski definition) is 2. The minimum atomic E-state index is -1.06. The van der Waals surface area contributed by atoms with Crippen LogP contribution in [0.2, 0.25) is 0 Å². The van der Waals surface area contributed by atoms with Crippen molar-refractivity contribution in [3.8, 4) is 0 Å². The van der Waals surface area contributed by atoms with Crippen LogP contribution in [-0.4, -0.2) is 16.4 Å². The maximum Gasteiger partial charge on any atom is 0.293 e. The molecule has 0 aliphatic heterocycles. The second-order valence-corrected chi connectivity index (χ2v) is 4.95. The van der Waals surface area contributed by atoms with Gasteiger partial charge in [0, 0.05) is 10.5 Å². The standard InChI is InChI=1S/C10H12BrN3O3/c1-10(2,9(12)15)13-7-4-3-6(11)5-8(7)14(16)17/h3-5,13H,1-2H3,(H2,12,15). The number of amides is 1. The van der Waals surface area contributed by atoms with E-state index in [0.29, 0.717) is 4.47 Å². The van der Waals surface area contributed by atoms with E-state index in [2.05, 4.69) is 21.2 Å². The third-order valence-corrected chi connectivity index (χ3v) is 2.71. The third kappa shape index (κ3) is 3.16. The highest BCUT2D eigenvalue weighted by Gasteiger charge is 2.27. The molecule has 0 bridgehead atoms. The first-order valence-electron chi connectivity index (χ1n) is 4.76. The lowest BCUT2D eigenvalue weighted by atomic mass is 10.0. The highest BCUT2D eigenvalue weighted by Crippen LogP contribution is 2.30. The van der Waals surface area contributed by atoms with Gasteiger partial charge >= 0.3 is 0 Å². The van der Waals surface area contributed by atoms with Crippen LogP contribution in [0.4, 0.5) is 11.4 Å². The van der Waals surface area contributed by atoms with Crippen LogP contribution in [0, 0.1) is 10.1 Å². The molecule has 0 fully saturated rings. The fourth-order valence-corrected chi connectivity index (χ4v) is 1.51. The Labute approximate surface area is 106 Å². The molecule has 6 nitrogen and oxygen atoms in total. The SMILES string of the molecule is CC(C)(Nc1ccc(Br)cc1[N+](=O)[O-])C(N)=O. The van der Waals surface area contributed by atoms with Crippen LogP contribution in [0.5, 0.6) is 0 Å². The van der Waals surface area contributed by atoms with Gasteiger partial charge in [0.25, 0.3) is 5.69 Å². The van der Waals surface area contributed by atoms with Crippen LogP contribution >= 0.6 is 15.9 Å². The summed E-state index contributed by atoms with van der Waals surface area (Å²) in [6, 6.07) is 4.53. The molecule has 0 aliphatic carbocycles. The van der Waals surface area contributed by atoms with Gasteiger partial charge in [-0.05, 0) is 26.0 Å². The lowest BCUT2D eigenvalue weighted by Crippen LogP contribution is -2.45. The highest BCUT2D eigenvalue weighted by molar-refractivity contribution is 9.10. The molecule has 0 heterocycles. The van der Waals surface area contributed by atoms with Crippen LogP contribution in [0.1, 0.15) is 13.8 Å².